The quantitative estimate of drug-likeness (QED) is 0.478. The molecule has 0 spiro atoms. The van der Waals surface area contributed by atoms with Crippen molar-refractivity contribution in [1.82, 2.24) is 4.79 Å². The monoisotopic (exact) mass is 271 g/mol. The number of benzene rings is 1. The van der Waals surface area contributed by atoms with Crippen molar-refractivity contribution in [2.24, 2.45) is 0 Å². The Balaban J connectivity index is 2.85. The summed E-state index contributed by atoms with van der Waals surface area (Å²) >= 11 is 0. The highest BCUT2D eigenvalue weighted by Crippen LogP contribution is 2.29. The number of hydrogen-bond donors (Lipinski definition) is 0. The first-order chi connectivity index (χ1) is 8.88. The Morgan fingerprint density at radius 3 is 2.47 bits per heavy atom. The van der Waals surface area contributed by atoms with Gasteiger partial charge in [0.25, 0.3) is 5.78 Å². The van der Waals surface area contributed by atoms with E-state index in [1.165, 1.54) is 6.92 Å². The first-order valence-electron chi connectivity index (χ1n) is 5.17. The molecule has 1 aromatic heterocycles. The molecular formula is C12H8F3NO3. The van der Waals surface area contributed by atoms with Gasteiger partial charge in [0.1, 0.15) is 5.82 Å². The minimum atomic E-state index is -1.63. The number of ether oxygens (including phenoxy) is 1. The molecule has 0 aliphatic rings. The van der Waals surface area contributed by atoms with Crippen molar-refractivity contribution >= 4 is 22.7 Å². The molecule has 1 aromatic carbocycles. The molecule has 100 valence electrons. The van der Waals surface area contributed by atoms with E-state index in [1.54, 1.807) is 0 Å². The van der Waals surface area contributed by atoms with Gasteiger partial charge in [0.05, 0.1) is 23.6 Å². The van der Waals surface area contributed by atoms with Gasteiger partial charge >= 0.3 is 5.97 Å². The maximum Gasteiger partial charge on any atom is 0.379 e. The second-order valence-electron chi connectivity index (χ2n) is 3.91. The van der Waals surface area contributed by atoms with E-state index in [0.29, 0.717) is 5.56 Å². The normalized spacial score (nSPS) is 10.8. The molecule has 19 heavy (non-hydrogen) atoms. The highest BCUT2D eigenvalue weighted by molar-refractivity contribution is 6.43. The summed E-state index contributed by atoms with van der Waals surface area (Å²) in [5, 5.41) is -0.582. The van der Waals surface area contributed by atoms with Crippen LogP contribution in [-0.2, 0) is 9.53 Å². The van der Waals surface area contributed by atoms with Gasteiger partial charge in [-0.1, -0.05) is 4.48 Å². The number of ketones is 1. The van der Waals surface area contributed by atoms with E-state index in [0.717, 1.165) is 19.2 Å². The third kappa shape index (κ3) is 1.87. The topological polar surface area (TPSA) is 48.3 Å². The molecule has 0 aliphatic heterocycles. The molecule has 0 saturated heterocycles. The molecule has 0 radical (unpaired) electrons. The zero-order valence-electron chi connectivity index (χ0n) is 9.96. The van der Waals surface area contributed by atoms with Gasteiger partial charge in [-0.3, -0.25) is 4.79 Å². The Kier molecular flexibility index (Phi) is 3.05. The maximum atomic E-state index is 13.8. The number of Topliss-reactive ketones (excluding diaryl/α,β-unsaturated/α-hetero) is 1. The van der Waals surface area contributed by atoms with Crippen molar-refractivity contribution < 1.29 is 27.6 Å². The second-order valence-corrected chi connectivity index (χ2v) is 3.91. The summed E-state index contributed by atoms with van der Waals surface area (Å²) in [5.74, 6) is -5.46. The second kappa shape index (κ2) is 4.42. The van der Waals surface area contributed by atoms with Crippen LogP contribution >= 0.6 is 0 Å². The van der Waals surface area contributed by atoms with Gasteiger partial charge < -0.3 is 4.74 Å². The zero-order chi connectivity index (χ0) is 14.3. The lowest BCUT2D eigenvalue weighted by Crippen LogP contribution is -2.17. The van der Waals surface area contributed by atoms with E-state index in [9.17, 15) is 22.9 Å². The van der Waals surface area contributed by atoms with Gasteiger partial charge in [0.15, 0.2) is 0 Å². The molecule has 0 fully saturated rings. The van der Waals surface area contributed by atoms with E-state index in [4.69, 9.17) is 0 Å². The number of nitrogens with zero attached hydrogens (tertiary/aromatic N) is 1. The Hall–Kier alpha value is -2.31. The SMILES string of the molecule is COC(=O)C(=O)c1c(F)n(F)c2cc(C)cc(F)c12. The highest BCUT2D eigenvalue weighted by Gasteiger charge is 2.30. The van der Waals surface area contributed by atoms with Crippen LogP contribution in [0.25, 0.3) is 10.9 Å². The Morgan fingerprint density at radius 2 is 1.89 bits per heavy atom. The summed E-state index contributed by atoms with van der Waals surface area (Å²) in [7, 11) is 0.910. The van der Waals surface area contributed by atoms with Gasteiger partial charge in [0, 0.05) is 0 Å². The lowest BCUT2D eigenvalue weighted by atomic mass is 10.1. The van der Waals surface area contributed by atoms with Crippen LogP contribution in [0.2, 0.25) is 0 Å². The number of fused-ring (bicyclic) bond motifs is 1. The van der Waals surface area contributed by atoms with Crippen molar-refractivity contribution in [1.29, 1.82) is 0 Å². The number of rotatable bonds is 2. The summed E-state index contributed by atoms with van der Waals surface area (Å²) in [6, 6.07) is 2.17. The van der Waals surface area contributed by atoms with Gasteiger partial charge in [0.2, 0.25) is 5.95 Å². The van der Waals surface area contributed by atoms with E-state index in [-0.39, 0.29) is 0 Å². The minimum Gasteiger partial charge on any atom is -0.463 e. The Labute approximate surface area is 105 Å². The van der Waals surface area contributed by atoms with Crippen LogP contribution in [0.15, 0.2) is 12.1 Å². The number of aromatic nitrogens is 1. The van der Waals surface area contributed by atoms with Crippen LogP contribution in [0.5, 0.6) is 0 Å². The fraction of sp³-hybridized carbons (Fsp3) is 0.167. The van der Waals surface area contributed by atoms with E-state index in [2.05, 4.69) is 4.74 Å². The average Bonchev–Trinajstić information content (AvgIpc) is 2.61. The molecule has 0 unspecified atom stereocenters. The molecule has 0 N–H and O–H groups in total. The molecule has 1 heterocycles. The molecule has 2 rings (SSSR count). The number of carbonyl (C=O) groups is 2. The molecule has 0 aliphatic carbocycles. The molecular weight excluding hydrogens is 263 g/mol. The third-order valence-corrected chi connectivity index (χ3v) is 2.65. The van der Waals surface area contributed by atoms with Crippen molar-refractivity contribution in [2.45, 2.75) is 6.92 Å². The predicted molar refractivity (Wildman–Crippen MR) is 59.4 cm³/mol. The lowest BCUT2D eigenvalue weighted by Gasteiger charge is -1.99. The maximum absolute atomic E-state index is 13.8. The number of methoxy groups -OCH3 is 1. The molecule has 0 atom stereocenters. The fourth-order valence-corrected chi connectivity index (χ4v) is 1.84. The summed E-state index contributed by atoms with van der Waals surface area (Å²) in [6.45, 7) is 1.48. The summed E-state index contributed by atoms with van der Waals surface area (Å²) < 4.78 is 45.2. The largest absolute Gasteiger partial charge is 0.463 e. The van der Waals surface area contributed by atoms with Crippen LogP contribution in [0.3, 0.4) is 0 Å². The van der Waals surface area contributed by atoms with Gasteiger partial charge in [-0.15, -0.1) is 4.79 Å². The first-order valence-corrected chi connectivity index (χ1v) is 5.17. The van der Waals surface area contributed by atoms with E-state index < -0.39 is 44.8 Å². The molecule has 7 heteroatoms. The number of aryl methyl sites for hydroxylation is 1. The Bertz CT molecular complexity index is 706. The number of esters is 1. The van der Waals surface area contributed by atoms with Crippen LogP contribution < -0.4 is 0 Å². The van der Waals surface area contributed by atoms with Crippen LogP contribution in [0.1, 0.15) is 15.9 Å². The molecule has 0 bridgehead atoms. The number of halogens is 3. The van der Waals surface area contributed by atoms with E-state index >= 15 is 0 Å². The molecule has 2 aromatic rings. The lowest BCUT2D eigenvalue weighted by molar-refractivity contribution is -0.135. The van der Waals surface area contributed by atoms with Crippen molar-refractivity contribution in [2.75, 3.05) is 7.11 Å². The van der Waals surface area contributed by atoms with Crippen molar-refractivity contribution in [3.63, 3.8) is 0 Å². The molecule has 4 nitrogen and oxygen atoms in total. The minimum absolute atomic E-state index is 0.346. The predicted octanol–water partition coefficient (Wildman–Crippen LogP) is 2.32. The summed E-state index contributed by atoms with van der Waals surface area (Å²) in [5.41, 5.74) is -1.08. The van der Waals surface area contributed by atoms with Crippen LogP contribution in [0, 0.1) is 18.7 Å². The van der Waals surface area contributed by atoms with Gasteiger partial charge in [-0.2, -0.15) is 4.39 Å². The summed E-state index contributed by atoms with van der Waals surface area (Å²) in [6.07, 6.45) is 0. The number of hydrogen-bond acceptors (Lipinski definition) is 3. The van der Waals surface area contributed by atoms with Gasteiger partial charge in [-0.05, 0) is 24.6 Å². The standard InChI is InChI=1S/C12H8F3NO3/c1-5-3-6(13)8-7(4-5)16(15)11(14)9(8)10(17)12(18)19-2/h3-4H,1-2H3. The first kappa shape index (κ1) is 13.1. The van der Waals surface area contributed by atoms with Gasteiger partial charge in [-0.25, -0.2) is 9.18 Å². The zero-order valence-corrected chi connectivity index (χ0v) is 9.96. The number of carbonyl (C=O) groups excluding carboxylic acids is 2. The average molecular weight is 271 g/mol. The molecule has 0 amide bonds. The Morgan fingerprint density at radius 1 is 1.26 bits per heavy atom. The molecule has 0 saturated carbocycles. The van der Waals surface area contributed by atoms with Crippen molar-refractivity contribution in [3.8, 4) is 0 Å². The fourth-order valence-electron chi connectivity index (χ4n) is 1.84. The van der Waals surface area contributed by atoms with Crippen molar-refractivity contribution in [3.05, 3.63) is 35.0 Å². The highest BCUT2D eigenvalue weighted by atomic mass is 19.2. The smallest absolute Gasteiger partial charge is 0.379 e. The third-order valence-electron chi connectivity index (χ3n) is 2.65. The van der Waals surface area contributed by atoms with Crippen LogP contribution in [-0.4, -0.2) is 23.7 Å². The van der Waals surface area contributed by atoms with Crippen LogP contribution in [0.4, 0.5) is 13.3 Å². The van der Waals surface area contributed by atoms with E-state index in [1.807, 2.05) is 0 Å². The summed E-state index contributed by atoms with van der Waals surface area (Å²) in [4.78, 5) is 22.2.